The van der Waals surface area contributed by atoms with Gasteiger partial charge in [-0.05, 0) is 79.6 Å². The van der Waals surface area contributed by atoms with Gasteiger partial charge in [0, 0.05) is 24.3 Å². The van der Waals surface area contributed by atoms with Crippen LogP contribution in [0.15, 0.2) is 60.7 Å². The molecular weight excluding hydrogens is 448 g/mol. The summed E-state index contributed by atoms with van der Waals surface area (Å²) in [6.07, 6.45) is 2.84. The normalized spacial score (nSPS) is 12.6. The van der Waals surface area contributed by atoms with Gasteiger partial charge in [0.2, 0.25) is 0 Å². The maximum absolute atomic E-state index is 11.4. The maximum Gasteiger partial charge on any atom is 0.305 e. The fourth-order valence-corrected chi connectivity index (χ4v) is 4.50. The molecule has 0 aromatic heterocycles. The molecule has 0 saturated carbocycles. The number of methoxy groups -OCH3 is 1. The average Bonchev–Trinajstić information content (AvgIpc) is 2.88. The van der Waals surface area contributed by atoms with Gasteiger partial charge in [-0.2, -0.15) is 0 Å². The van der Waals surface area contributed by atoms with Gasteiger partial charge < -0.3 is 14.2 Å². The van der Waals surface area contributed by atoms with Gasteiger partial charge in [0.05, 0.1) is 19.8 Å². The van der Waals surface area contributed by atoms with Crippen molar-refractivity contribution in [2.45, 2.75) is 72.3 Å². The zero-order valence-corrected chi connectivity index (χ0v) is 22.6. The highest BCUT2D eigenvalue weighted by molar-refractivity contribution is 5.69. The molecule has 2 atom stereocenters. The van der Waals surface area contributed by atoms with Crippen molar-refractivity contribution in [2.75, 3.05) is 13.7 Å². The lowest BCUT2D eigenvalue weighted by Crippen LogP contribution is -2.17. The fraction of sp³-hybridized carbons (Fsp3) is 0.406. The zero-order chi connectivity index (χ0) is 26.1. The molecular formula is C32H40O4. The van der Waals surface area contributed by atoms with E-state index in [0.29, 0.717) is 19.4 Å². The number of hydrogen-bond donors (Lipinski definition) is 0. The van der Waals surface area contributed by atoms with Crippen LogP contribution in [-0.4, -0.2) is 25.8 Å². The maximum atomic E-state index is 11.4. The Bertz CT molecular complexity index is 1150. The van der Waals surface area contributed by atoms with Crippen LogP contribution in [0.3, 0.4) is 0 Å². The summed E-state index contributed by atoms with van der Waals surface area (Å²) >= 11 is 0. The van der Waals surface area contributed by atoms with Crippen LogP contribution >= 0.6 is 0 Å². The fourth-order valence-electron chi connectivity index (χ4n) is 4.50. The van der Waals surface area contributed by atoms with Crippen molar-refractivity contribution in [2.24, 2.45) is 0 Å². The van der Waals surface area contributed by atoms with E-state index in [1.54, 1.807) is 0 Å². The van der Waals surface area contributed by atoms with Crippen molar-refractivity contribution in [1.82, 2.24) is 0 Å². The van der Waals surface area contributed by atoms with E-state index in [4.69, 9.17) is 14.2 Å². The number of hydrogen-bond acceptors (Lipinski definition) is 4. The van der Waals surface area contributed by atoms with Gasteiger partial charge in [-0.15, -0.1) is 0 Å². The smallest absolute Gasteiger partial charge is 0.305 e. The van der Waals surface area contributed by atoms with E-state index in [0.717, 1.165) is 35.5 Å². The van der Waals surface area contributed by atoms with E-state index in [1.807, 2.05) is 25.1 Å². The highest BCUT2D eigenvalue weighted by Gasteiger charge is 2.18. The molecule has 0 aliphatic heterocycles. The minimum Gasteiger partial charge on any atom is -0.493 e. The van der Waals surface area contributed by atoms with E-state index in [9.17, 15) is 4.79 Å². The number of ether oxygens (including phenoxy) is 3. The van der Waals surface area contributed by atoms with Crippen LogP contribution < -0.4 is 9.47 Å². The van der Waals surface area contributed by atoms with Gasteiger partial charge in [-0.1, -0.05) is 56.3 Å². The monoisotopic (exact) mass is 488 g/mol. The van der Waals surface area contributed by atoms with Gasteiger partial charge in [-0.3, -0.25) is 4.79 Å². The molecule has 192 valence electrons. The molecule has 0 bridgehead atoms. The number of rotatable bonds is 12. The lowest BCUT2D eigenvalue weighted by molar-refractivity contribution is -0.140. The number of esters is 1. The van der Waals surface area contributed by atoms with Gasteiger partial charge in [-0.25, -0.2) is 0 Å². The van der Waals surface area contributed by atoms with Crippen LogP contribution in [0.5, 0.6) is 11.5 Å². The summed E-state index contributed by atoms with van der Waals surface area (Å²) in [6, 6.07) is 21.2. The Hall–Kier alpha value is -3.27. The standard InChI is InChI=1S/C32H40O4/c1-7-26-12-16-31(30(21-26)25(5)29-11-9-8-10-22(29)2)36-24(4)18-19-35-28-15-13-27(23(3)20-28)14-17-32(33)34-6/h8-13,15-16,20-21,24-25H,7,14,17-19H2,1-6H3/t24-,25?/m1/s1. The van der Waals surface area contributed by atoms with Crippen LogP contribution in [0.1, 0.15) is 72.9 Å². The largest absolute Gasteiger partial charge is 0.493 e. The van der Waals surface area contributed by atoms with Crippen molar-refractivity contribution in [1.29, 1.82) is 0 Å². The zero-order valence-electron chi connectivity index (χ0n) is 22.6. The predicted octanol–water partition coefficient (Wildman–Crippen LogP) is 7.36. The Morgan fingerprint density at radius 2 is 1.69 bits per heavy atom. The van der Waals surface area contributed by atoms with E-state index in [2.05, 4.69) is 70.2 Å². The topological polar surface area (TPSA) is 44.8 Å². The highest BCUT2D eigenvalue weighted by Crippen LogP contribution is 2.35. The van der Waals surface area contributed by atoms with Crippen molar-refractivity contribution in [3.05, 3.63) is 94.0 Å². The molecule has 0 fully saturated rings. The SMILES string of the molecule is CCc1ccc(O[C@H](C)CCOc2ccc(CCC(=O)OC)c(C)c2)c(C(C)c2ccccc2C)c1. The third-order valence-electron chi connectivity index (χ3n) is 6.87. The van der Waals surface area contributed by atoms with Crippen LogP contribution in [-0.2, 0) is 22.4 Å². The van der Waals surface area contributed by atoms with Crippen molar-refractivity contribution >= 4 is 5.97 Å². The second kappa shape index (κ2) is 13.2. The molecule has 0 heterocycles. The van der Waals surface area contributed by atoms with Crippen molar-refractivity contribution < 1.29 is 19.0 Å². The summed E-state index contributed by atoms with van der Waals surface area (Å²) in [5.74, 6) is 1.84. The summed E-state index contributed by atoms with van der Waals surface area (Å²) in [4.78, 5) is 11.4. The lowest BCUT2D eigenvalue weighted by Gasteiger charge is -2.23. The molecule has 36 heavy (non-hydrogen) atoms. The minimum absolute atomic E-state index is 0.0146. The Morgan fingerprint density at radius 3 is 2.39 bits per heavy atom. The van der Waals surface area contributed by atoms with Crippen molar-refractivity contribution in [3.63, 3.8) is 0 Å². The third kappa shape index (κ3) is 7.36. The Balaban J connectivity index is 1.61. The highest BCUT2D eigenvalue weighted by atomic mass is 16.5. The molecule has 0 radical (unpaired) electrons. The van der Waals surface area contributed by atoms with Crippen LogP contribution in [0.4, 0.5) is 0 Å². The van der Waals surface area contributed by atoms with Crippen LogP contribution in [0, 0.1) is 13.8 Å². The van der Waals surface area contributed by atoms with Gasteiger partial charge in [0.15, 0.2) is 0 Å². The van der Waals surface area contributed by atoms with E-state index in [-0.39, 0.29) is 18.0 Å². The van der Waals surface area contributed by atoms with Gasteiger partial charge in [0.1, 0.15) is 11.5 Å². The summed E-state index contributed by atoms with van der Waals surface area (Å²) in [7, 11) is 1.42. The summed E-state index contributed by atoms with van der Waals surface area (Å²) < 4.78 is 17.2. The summed E-state index contributed by atoms with van der Waals surface area (Å²) in [5, 5.41) is 0. The molecule has 0 saturated heterocycles. The molecule has 0 aliphatic rings. The van der Waals surface area contributed by atoms with E-state index in [1.165, 1.54) is 29.4 Å². The summed E-state index contributed by atoms with van der Waals surface area (Å²) in [5.41, 5.74) is 7.43. The molecule has 3 rings (SSSR count). The quantitative estimate of drug-likeness (QED) is 0.250. The Labute approximate surface area is 216 Å². The number of aryl methyl sites for hydroxylation is 4. The molecule has 0 amide bonds. The first-order valence-electron chi connectivity index (χ1n) is 13.0. The number of benzene rings is 3. The second-order valence-electron chi connectivity index (χ2n) is 9.53. The first-order valence-corrected chi connectivity index (χ1v) is 13.0. The molecule has 4 heteroatoms. The van der Waals surface area contributed by atoms with Gasteiger partial charge >= 0.3 is 5.97 Å². The van der Waals surface area contributed by atoms with Crippen LogP contribution in [0.2, 0.25) is 0 Å². The van der Waals surface area contributed by atoms with Crippen molar-refractivity contribution in [3.8, 4) is 11.5 Å². The molecule has 4 nitrogen and oxygen atoms in total. The third-order valence-corrected chi connectivity index (χ3v) is 6.87. The average molecular weight is 489 g/mol. The Kier molecular flexibility index (Phi) is 9.98. The number of carbonyl (C=O) groups is 1. The molecule has 3 aromatic rings. The van der Waals surface area contributed by atoms with E-state index < -0.39 is 0 Å². The predicted molar refractivity (Wildman–Crippen MR) is 146 cm³/mol. The van der Waals surface area contributed by atoms with Crippen LogP contribution in [0.25, 0.3) is 0 Å². The molecule has 0 N–H and O–H groups in total. The van der Waals surface area contributed by atoms with E-state index >= 15 is 0 Å². The molecule has 0 aliphatic carbocycles. The lowest BCUT2D eigenvalue weighted by atomic mass is 9.88. The molecule has 0 spiro atoms. The summed E-state index contributed by atoms with van der Waals surface area (Å²) in [6.45, 7) is 11.3. The molecule has 1 unspecified atom stereocenters. The second-order valence-corrected chi connectivity index (χ2v) is 9.53. The minimum atomic E-state index is -0.190. The first kappa shape index (κ1) is 27.3. The first-order chi connectivity index (χ1) is 17.3. The number of carbonyl (C=O) groups excluding carboxylic acids is 1. The Morgan fingerprint density at radius 1 is 0.917 bits per heavy atom. The molecule has 3 aromatic carbocycles. The van der Waals surface area contributed by atoms with Gasteiger partial charge in [0.25, 0.3) is 0 Å².